The van der Waals surface area contributed by atoms with Gasteiger partial charge < -0.3 is 65.1 Å². The molecule has 12 unspecified atom stereocenters. The number of carbonyl (C=O) groups is 1. The van der Waals surface area contributed by atoms with E-state index in [-0.39, 0.29) is 18.9 Å². The Labute approximate surface area is 378 Å². The standard InChI is InChI=1S/C49H87NO13/c1-3-5-7-9-11-13-15-16-17-18-19-20-21-23-25-27-29-31-33-41(54)50-37(38(53)32-30-28-26-24-22-14-12-10-8-6-4-2)36-60-48-46(59)44(57)47(40(35-52)62-48)63-49-45(58)43(56)42(55)39(34-51)61-49/h8,10,17-18,22,24,30,32,37-40,42-49,51-53,55-59H,3-7,9,11-16,19-21,23,25-29,31,33-36H2,1-2H3,(H,50,54)/b10-8+,18-17-,24-22+,32-30+. The summed E-state index contributed by atoms with van der Waals surface area (Å²) >= 11 is 0. The molecule has 2 saturated heterocycles. The fourth-order valence-corrected chi connectivity index (χ4v) is 7.68. The van der Waals surface area contributed by atoms with E-state index in [0.29, 0.717) is 12.8 Å². The molecule has 2 fully saturated rings. The van der Waals surface area contributed by atoms with Crippen LogP contribution in [0.3, 0.4) is 0 Å². The number of aliphatic hydroxyl groups excluding tert-OH is 8. The van der Waals surface area contributed by atoms with Gasteiger partial charge >= 0.3 is 0 Å². The Balaban J connectivity index is 1.86. The lowest BCUT2D eigenvalue weighted by Gasteiger charge is -2.46. The number of hydrogen-bond acceptors (Lipinski definition) is 13. The first-order chi connectivity index (χ1) is 30.6. The van der Waals surface area contributed by atoms with Gasteiger partial charge in [-0.3, -0.25) is 4.79 Å². The quantitative estimate of drug-likeness (QED) is 0.0272. The fraction of sp³-hybridized carbons (Fsp3) is 0.816. The molecule has 0 spiro atoms. The zero-order valence-electron chi connectivity index (χ0n) is 38.6. The van der Waals surface area contributed by atoms with Crippen LogP contribution in [0.25, 0.3) is 0 Å². The van der Waals surface area contributed by atoms with E-state index in [1.165, 1.54) is 70.6 Å². The molecule has 0 aromatic carbocycles. The molecule has 2 rings (SSSR count). The van der Waals surface area contributed by atoms with E-state index >= 15 is 0 Å². The largest absolute Gasteiger partial charge is 0.394 e. The molecule has 63 heavy (non-hydrogen) atoms. The van der Waals surface area contributed by atoms with Gasteiger partial charge in [-0.1, -0.05) is 140 Å². The number of hydrogen-bond donors (Lipinski definition) is 9. The summed E-state index contributed by atoms with van der Waals surface area (Å²) in [4.78, 5) is 13.1. The van der Waals surface area contributed by atoms with Crippen molar-refractivity contribution in [3.05, 3.63) is 48.6 Å². The molecule has 0 aromatic heterocycles. The predicted molar refractivity (Wildman–Crippen MR) is 244 cm³/mol. The van der Waals surface area contributed by atoms with E-state index in [2.05, 4.69) is 55.6 Å². The van der Waals surface area contributed by atoms with Crippen molar-refractivity contribution in [3.63, 3.8) is 0 Å². The van der Waals surface area contributed by atoms with Crippen molar-refractivity contribution in [1.82, 2.24) is 5.32 Å². The lowest BCUT2D eigenvalue weighted by molar-refractivity contribution is -0.359. The first kappa shape index (κ1) is 57.1. The summed E-state index contributed by atoms with van der Waals surface area (Å²) in [7, 11) is 0. The van der Waals surface area contributed by atoms with Gasteiger partial charge in [-0.2, -0.15) is 0 Å². The van der Waals surface area contributed by atoms with Crippen LogP contribution in [0.5, 0.6) is 0 Å². The number of unbranched alkanes of at least 4 members (excludes halogenated alkanes) is 17. The summed E-state index contributed by atoms with van der Waals surface area (Å²) in [5.41, 5.74) is 0. The number of nitrogens with one attached hydrogen (secondary N) is 1. The Kier molecular flexibility index (Phi) is 32.7. The monoisotopic (exact) mass is 898 g/mol. The van der Waals surface area contributed by atoms with Crippen molar-refractivity contribution in [2.45, 2.75) is 235 Å². The minimum atomic E-state index is -1.79. The van der Waals surface area contributed by atoms with Gasteiger partial charge in [0.05, 0.1) is 32.0 Å². The molecule has 0 aliphatic carbocycles. The topological polar surface area (TPSA) is 228 Å². The number of ether oxygens (including phenoxy) is 4. The van der Waals surface area contributed by atoms with Crippen molar-refractivity contribution in [2.75, 3.05) is 19.8 Å². The molecule has 366 valence electrons. The second-order valence-electron chi connectivity index (χ2n) is 17.2. The molecule has 9 N–H and O–H groups in total. The average Bonchev–Trinajstić information content (AvgIpc) is 3.28. The number of carbonyl (C=O) groups excluding carboxylic acids is 1. The highest BCUT2D eigenvalue weighted by Gasteiger charge is 2.51. The van der Waals surface area contributed by atoms with Crippen molar-refractivity contribution >= 4 is 5.91 Å². The lowest BCUT2D eigenvalue weighted by atomic mass is 9.97. The maximum atomic E-state index is 13.1. The lowest BCUT2D eigenvalue weighted by Crippen LogP contribution is -2.65. The van der Waals surface area contributed by atoms with Crippen LogP contribution in [-0.4, -0.2) is 140 Å². The Morgan fingerprint density at radius 2 is 1.05 bits per heavy atom. The second kappa shape index (κ2) is 36.1. The highest BCUT2D eigenvalue weighted by Crippen LogP contribution is 2.30. The first-order valence-electron chi connectivity index (χ1n) is 24.4. The third-order valence-electron chi connectivity index (χ3n) is 11.7. The minimum Gasteiger partial charge on any atom is -0.394 e. The summed E-state index contributed by atoms with van der Waals surface area (Å²) in [6, 6.07) is -0.938. The third kappa shape index (κ3) is 23.8. The van der Waals surface area contributed by atoms with Crippen molar-refractivity contribution in [2.24, 2.45) is 0 Å². The Morgan fingerprint density at radius 3 is 1.62 bits per heavy atom. The van der Waals surface area contributed by atoms with E-state index in [1.807, 2.05) is 6.08 Å². The van der Waals surface area contributed by atoms with E-state index in [0.717, 1.165) is 57.8 Å². The highest BCUT2D eigenvalue weighted by atomic mass is 16.7. The first-order valence-corrected chi connectivity index (χ1v) is 24.4. The molecule has 0 aromatic rings. The molecule has 2 aliphatic rings. The van der Waals surface area contributed by atoms with Crippen LogP contribution in [-0.2, 0) is 23.7 Å². The molecule has 0 bridgehead atoms. The van der Waals surface area contributed by atoms with Gasteiger partial charge in [0.2, 0.25) is 5.91 Å². The number of aliphatic hydroxyl groups is 8. The second-order valence-corrected chi connectivity index (χ2v) is 17.2. The summed E-state index contributed by atoms with van der Waals surface area (Å²) in [6.45, 7) is 2.65. The maximum absolute atomic E-state index is 13.1. The van der Waals surface area contributed by atoms with Gasteiger partial charge in [0.15, 0.2) is 12.6 Å². The number of rotatable bonds is 36. The maximum Gasteiger partial charge on any atom is 0.220 e. The van der Waals surface area contributed by atoms with E-state index < -0.39 is 86.8 Å². The van der Waals surface area contributed by atoms with Crippen molar-refractivity contribution < 1.29 is 64.6 Å². The van der Waals surface area contributed by atoms with Gasteiger partial charge in [0.1, 0.15) is 48.8 Å². The van der Waals surface area contributed by atoms with E-state index in [4.69, 9.17) is 18.9 Å². The Hall–Kier alpha value is -2.05. The van der Waals surface area contributed by atoms with Crippen molar-refractivity contribution in [1.29, 1.82) is 0 Å². The van der Waals surface area contributed by atoms with Crippen molar-refractivity contribution in [3.8, 4) is 0 Å². The molecule has 0 radical (unpaired) electrons. The van der Waals surface area contributed by atoms with Gasteiger partial charge in [-0.25, -0.2) is 0 Å². The SMILES string of the molecule is CCC/C=C/CC/C=C/CC/C=C/C(O)C(COC1OC(CO)C(OC2OC(CO)C(O)C(O)C2O)C(O)C1O)NC(=O)CCCCCCCCC/C=C\CCCCCCCCC. The van der Waals surface area contributed by atoms with Crippen LogP contribution < -0.4 is 5.32 Å². The van der Waals surface area contributed by atoms with Crippen LogP contribution in [0.1, 0.15) is 162 Å². The zero-order valence-corrected chi connectivity index (χ0v) is 38.6. The molecule has 2 aliphatic heterocycles. The van der Waals surface area contributed by atoms with Crippen LogP contribution in [0, 0.1) is 0 Å². The van der Waals surface area contributed by atoms with Gasteiger partial charge in [-0.15, -0.1) is 0 Å². The molecule has 12 atom stereocenters. The molecular formula is C49H87NO13. The molecule has 1 amide bonds. The molecule has 14 nitrogen and oxygen atoms in total. The minimum absolute atomic E-state index is 0.262. The predicted octanol–water partition coefficient (Wildman–Crippen LogP) is 5.71. The van der Waals surface area contributed by atoms with Gasteiger partial charge in [-0.05, 0) is 64.2 Å². The highest BCUT2D eigenvalue weighted by molar-refractivity contribution is 5.76. The van der Waals surface area contributed by atoms with E-state index in [1.54, 1.807) is 6.08 Å². The molecule has 2 heterocycles. The molecule has 0 saturated carbocycles. The van der Waals surface area contributed by atoms with Gasteiger partial charge in [0.25, 0.3) is 0 Å². The van der Waals surface area contributed by atoms with Gasteiger partial charge in [0, 0.05) is 6.42 Å². The number of allylic oxidation sites excluding steroid dienone is 7. The summed E-state index contributed by atoms with van der Waals surface area (Å²) < 4.78 is 22.6. The van der Waals surface area contributed by atoms with Crippen LogP contribution >= 0.6 is 0 Å². The number of amides is 1. The summed E-state index contributed by atoms with van der Waals surface area (Å²) in [5.74, 6) is -0.262. The van der Waals surface area contributed by atoms with E-state index in [9.17, 15) is 45.6 Å². The zero-order chi connectivity index (χ0) is 46.1. The summed E-state index contributed by atoms with van der Waals surface area (Å²) in [5, 5.41) is 86.5. The average molecular weight is 898 g/mol. The normalized spacial score (nSPS) is 27.9. The van der Waals surface area contributed by atoms with Crippen LogP contribution in [0.2, 0.25) is 0 Å². The Morgan fingerprint density at radius 1 is 0.556 bits per heavy atom. The smallest absolute Gasteiger partial charge is 0.220 e. The third-order valence-corrected chi connectivity index (χ3v) is 11.7. The van der Waals surface area contributed by atoms with Crippen LogP contribution in [0.4, 0.5) is 0 Å². The molecular weight excluding hydrogens is 811 g/mol. The Bertz CT molecular complexity index is 1250. The summed E-state index contributed by atoms with van der Waals surface area (Å²) in [6.07, 6.45) is 24.5. The fourth-order valence-electron chi connectivity index (χ4n) is 7.68. The molecule has 14 heteroatoms. The van der Waals surface area contributed by atoms with Crippen LogP contribution in [0.15, 0.2) is 48.6 Å².